The van der Waals surface area contributed by atoms with E-state index < -0.39 is 11.7 Å². The Balaban J connectivity index is 1.69. The standard InChI is InChI=1S/C28H31FN2O4S/c1-28(2,3)17-8-12-20-23(14-17)36-27(31-25(32)16-6-9-18(29)10-7-16)24(20)26(33)30-21-13-11-19(34-4)15-22(21)35-5/h6-7,9-11,13,15,17H,8,12,14H2,1-5H3,(H,30,33)(H,31,32)/t17-/m0/s1. The number of hydrogen-bond acceptors (Lipinski definition) is 5. The summed E-state index contributed by atoms with van der Waals surface area (Å²) >= 11 is 1.44. The third-order valence-corrected chi connectivity index (χ3v) is 7.88. The second-order valence-electron chi connectivity index (χ2n) is 10.00. The van der Waals surface area contributed by atoms with Gasteiger partial charge in [0, 0.05) is 16.5 Å². The number of methoxy groups -OCH3 is 2. The third-order valence-electron chi connectivity index (χ3n) is 6.71. The van der Waals surface area contributed by atoms with Crippen LogP contribution in [0.4, 0.5) is 15.1 Å². The molecule has 1 aliphatic carbocycles. The fourth-order valence-electron chi connectivity index (χ4n) is 4.52. The lowest BCUT2D eigenvalue weighted by Gasteiger charge is -2.33. The van der Waals surface area contributed by atoms with Gasteiger partial charge in [0.25, 0.3) is 11.8 Å². The van der Waals surface area contributed by atoms with Gasteiger partial charge in [-0.25, -0.2) is 4.39 Å². The lowest BCUT2D eigenvalue weighted by molar-refractivity contribution is 0.102. The Kier molecular flexibility index (Phi) is 7.36. The fourth-order valence-corrected chi connectivity index (χ4v) is 5.84. The van der Waals surface area contributed by atoms with Crippen molar-refractivity contribution in [1.29, 1.82) is 0 Å². The molecule has 2 N–H and O–H groups in total. The number of ether oxygens (including phenoxy) is 2. The van der Waals surface area contributed by atoms with Gasteiger partial charge in [0.2, 0.25) is 0 Å². The Morgan fingerprint density at radius 3 is 2.36 bits per heavy atom. The van der Waals surface area contributed by atoms with Crippen LogP contribution in [-0.2, 0) is 12.8 Å². The lowest BCUT2D eigenvalue weighted by Crippen LogP contribution is -2.27. The van der Waals surface area contributed by atoms with Gasteiger partial charge in [0.1, 0.15) is 22.3 Å². The van der Waals surface area contributed by atoms with Crippen LogP contribution in [-0.4, -0.2) is 26.0 Å². The first-order valence-corrected chi connectivity index (χ1v) is 12.7. The molecule has 1 heterocycles. The first-order valence-electron chi connectivity index (χ1n) is 11.9. The Morgan fingerprint density at radius 1 is 1.00 bits per heavy atom. The van der Waals surface area contributed by atoms with Crippen LogP contribution in [0.1, 0.15) is 58.3 Å². The minimum atomic E-state index is -0.417. The van der Waals surface area contributed by atoms with Crippen molar-refractivity contribution < 1.29 is 23.5 Å². The molecule has 8 heteroatoms. The lowest BCUT2D eigenvalue weighted by atomic mass is 9.72. The zero-order valence-corrected chi connectivity index (χ0v) is 22.0. The number of carbonyl (C=O) groups is 2. The molecule has 190 valence electrons. The maximum Gasteiger partial charge on any atom is 0.259 e. The second kappa shape index (κ2) is 10.3. The maximum absolute atomic E-state index is 13.6. The highest BCUT2D eigenvalue weighted by Gasteiger charge is 2.34. The Morgan fingerprint density at radius 2 is 1.72 bits per heavy atom. The van der Waals surface area contributed by atoms with Crippen LogP contribution in [0.2, 0.25) is 0 Å². The minimum Gasteiger partial charge on any atom is -0.497 e. The third kappa shape index (κ3) is 5.38. The monoisotopic (exact) mass is 510 g/mol. The number of carbonyl (C=O) groups excluding carboxylic acids is 2. The van der Waals surface area contributed by atoms with E-state index in [0.29, 0.717) is 39.2 Å². The Labute approximate surface area is 214 Å². The van der Waals surface area contributed by atoms with E-state index in [9.17, 15) is 14.0 Å². The quantitative estimate of drug-likeness (QED) is 0.394. The van der Waals surface area contributed by atoms with Crippen molar-refractivity contribution in [2.24, 2.45) is 11.3 Å². The summed E-state index contributed by atoms with van der Waals surface area (Å²) in [5.74, 6) is 0.424. The van der Waals surface area contributed by atoms with Crippen molar-refractivity contribution in [3.05, 3.63) is 69.8 Å². The van der Waals surface area contributed by atoms with Gasteiger partial charge in [-0.1, -0.05) is 20.8 Å². The number of anilines is 2. The van der Waals surface area contributed by atoms with Crippen LogP contribution in [0.3, 0.4) is 0 Å². The summed E-state index contributed by atoms with van der Waals surface area (Å²) in [6, 6.07) is 10.5. The van der Waals surface area contributed by atoms with Gasteiger partial charge in [-0.15, -0.1) is 11.3 Å². The molecule has 0 aliphatic heterocycles. The van der Waals surface area contributed by atoms with E-state index in [1.807, 2.05) is 0 Å². The zero-order valence-electron chi connectivity index (χ0n) is 21.2. The van der Waals surface area contributed by atoms with Gasteiger partial charge in [-0.05, 0) is 72.6 Å². The summed E-state index contributed by atoms with van der Waals surface area (Å²) in [4.78, 5) is 27.7. The van der Waals surface area contributed by atoms with Crippen molar-refractivity contribution in [3.8, 4) is 11.5 Å². The van der Waals surface area contributed by atoms with E-state index in [4.69, 9.17) is 9.47 Å². The van der Waals surface area contributed by atoms with Crippen molar-refractivity contribution in [1.82, 2.24) is 0 Å². The molecule has 2 amide bonds. The molecule has 1 atom stereocenters. The molecule has 4 rings (SSSR count). The highest BCUT2D eigenvalue weighted by Crippen LogP contribution is 2.45. The molecule has 0 fully saturated rings. The summed E-state index contributed by atoms with van der Waals surface area (Å²) in [5, 5.41) is 6.36. The topological polar surface area (TPSA) is 76.7 Å². The SMILES string of the molecule is COc1ccc(NC(=O)c2c(NC(=O)c3ccc(F)cc3)sc3c2CC[C@H](C(C)(C)C)C3)c(OC)c1. The summed E-state index contributed by atoms with van der Waals surface area (Å²) in [6.45, 7) is 6.70. The number of amides is 2. The molecule has 1 aromatic heterocycles. The van der Waals surface area contributed by atoms with Crippen molar-refractivity contribution in [3.63, 3.8) is 0 Å². The fraction of sp³-hybridized carbons (Fsp3) is 0.357. The summed E-state index contributed by atoms with van der Waals surface area (Å²) < 4.78 is 24.0. The maximum atomic E-state index is 13.6. The van der Waals surface area contributed by atoms with Crippen molar-refractivity contribution in [2.45, 2.75) is 40.0 Å². The first-order chi connectivity index (χ1) is 17.1. The number of benzene rings is 2. The molecular weight excluding hydrogens is 479 g/mol. The Hall–Kier alpha value is -3.39. The molecule has 0 spiro atoms. The van der Waals surface area contributed by atoms with Gasteiger partial charge < -0.3 is 20.1 Å². The number of rotatable bonds is 6. The molecule has 1 aliphatic rings. The predicted octanol–water partition coefficient (Wildman–Crippen LogP) is 6.56. The van der Waals surface area contributed by atoms with E-state index in [0.717, 1.165) is 29.7 Å². The summed E-state index contributed by atoms with van der Waals surface area (Å²) in [7, 11) is 3.09. The molecular formula is C28H31FN2O4S. The van der Waals surface area contributed by atoms with E-state index in [2.05, 4.69) is 31.4 Å². The smallest absolute Gasteiger partial charge is 0.259 e. The van der Waals surface area contributed by atoms with Gasteiger partial charge in [-0.2, -0.15) is 0 Å². The molecule has 0 radical (unpaired) electrons. The zero-order chi connectivity index (χ0) is 26.0. The van der Waals surface area contributed by atoms with E-state index in [1.165, 1.54) is 42.7 Å². The molecule has 6 nitrogen and oxygen atoms in total. The van der Waals surface area contributed by atoms with Gasteiger partial charge in [0.05, 0.1) is 25.5 Å². The predicted molar refractivity (Wildman–Crippen MR) is 141 cm³/mol. The van der Waals surface area contributed by atoms with Crippen molar-refractivity contribution in [2.75, 3.05) is 24.9 Å². The van der Waals surface area contributed by atoms with Crippen LogP contribution >= 0.6 is 11.3 Å². The first kappa shape index (κ1) is 25.7. The number of nitrogens with one attached hydrogen (secondary N) is 2. The molecule has 0 bridgehead atoms. The van der Waals surface area contributed by atoms with Gasteiger partial charge in [0.15, 0.2) is 0 Å². The average molecular weight is 511 g/mol. The van der Waals surface area contributed by atoms with Crippen LogP contribution in [0.5, 0.6) is 11.5 Å². The summed E-state index contributed by atoms with van der Waals surface area (Å²) in [6.07, 6.45) is 2.56. The van der Waals surface area contributed by atoms with E-state index in [1.54, 1.807) is 25.3 Å². The normalized spacial score (nSPS) is 15.1. The number of hydrogen-bond donors (Lipinski definition) is 2. The van der Waals surface area contributed by atoms with Crippen LogP contribution in [0, 0.1) is 17.2 Å². The molecule has 2 aromatic carbocycles. The highest BCUT2D eigenvalue weighted by molar-refractivity contribution is 7.17. The molecule has 0 unspecified atom stereocenters. The summed E-state index contributed by atoms with van der Waals surface area (Å²) in [5.41, 5.74) is 2.40. The number of fused-ring (bicyclic) bond motifs is 1. The van der Waals surface area contributed by atoms with E-state index in [-0.39, 0.29) is 11.3 Å². The molecule has 36 heavy (non-hydrogen) atoms. The van der Waals surface area contributed by atoms with Crippen LogP contribution in [0.15, 0.2) is 42.5 Å². The van der Waals surface area contributed by atoms with Gasteiger partial charge in [-0.3, -0.25) is 9.59 Å². The largest absolute Gasteiger partial charge is 0.497 e. The molecule has 0 saturated heterocycles. The number of halogens is 1. The van der Waals surface area contributed by atoms with Crippen LogP contribution < -0.4 is 20.1 Å². The van der Waals surface area contributed by atoms with Crippen LogP contribution in [0.25, 0.3) is 0 Å². The minimum absolute atomic E-state index is 0.137. The highest BCUT2D eigenvalue weighted by atomic mass is 32.1. The molecule has 3 aromatic rings. The average Bonchev–Trinajstić information content (AvgIpc) is 3.21. The molecule has 0 saturated carbocycles. The van der Waals surface area contributed by atoms with E-state index >= 15 is 0 Å². The Bertz CT molecular complexity index is 1280. The second-order valence-corrected chi connectivity index (χ2v) is 11.1. The number of thiophene rings is 1. The van der Waals surface area contributed by atoms with Gasteiger partial charge >= 0.3 is 0 Å². The van der Waals surface area contributed by atoms with Crippen molar-refractivity contribution >= 4 is 33.8 Å².